The first-order chi connectivity index (χ1) is 11.3. The number of rotatable bonds is 3. The normalized spacial score (nSPS) is 20.2. The number of hydrogen-bond donors (Lipinski definition) is 2. The number of ether oxygens (including phenoxy) is 1. The summed E-state index contributed by atoms with van der Waals surface area (Å²) in [6, 6.07) is 2.27. The van der Waals surface area contributed by atoms with E-state index in [1.54, 1.807) is 0 Å². The molecule has 4 rings (SSSR count). The van der Waals surface area contributed by atoms with Crippen LogP contribution in [0.1, 0.15) is 35.1 Å². The highest BCUT2D eigenvalue weighted by Gasteiger charge is 2.25. The number of carbonyl (C=O) groups excluding carboxylic acids is 1. The van der Waals surface area contributed by atoms with Gasteiger partial charge in [-0.3, -0.25) is 4.72 Å². The number of benzene rings is 1. The lowest BCUT2D eigenvalue weighted by Gasteiger charge is -2.25. The molecule has 0 atom stereocenters. The number of amides is 2. The molecule has 0 spiro atoms. The van der Waals surface area contributed by atoms with Crippen molar-refractivity contribution >= 4 is 23.9 Å². The second-order valence-electron chi connectivity index (χ2n) is 6.42. The van der Waals surface area contributed by atoms with E-state index >= 15 is 0 Å². The molecule has 1 aliphatic heterocycles. The third-order valence-electron chi connectivity index (χ3n) is 4.95. The van der Waals surface area contributed by atoms with Gasteiger partial charge in [0.25, 0.3) is 0 Å². The molecular weight excluding hydrogens is 310 g/mol. The molecule has 2 aliphatic carbocycles. The minimum atomic E-state index is -0.115. The van der Waals surface area contributed by atoms with E-state index in [1.165, 1.54) is 47.2 Å². The van der Waals surface area contributed by atoms with Crippen LogP contribution in [0.2, 0.25) is 0 Å². The Morgan fingerprint density at radius 3 is 2.35 bits per heavy atom. The van der Waals surface area contributed by atoms with Crippen LogP contribution < -0.4 is 10.0 Å². The molecule has 0 aromatic heterocycles. The van der Waals surface area contributed by atoms with E-state index in [1.807, 2.05) is 0 Å². The van der Waals surface area contributed by atoms with Gasteiger partial charge in [0.1, 0.15) is 0 Å². The van der Waals surface area contributed by atoms with Crippen LogP contribution in [0.25, 0.3) is 0 Å². The van der Waals surface area contributed by atoms with Crippen molar-refractivity contribution in [1.29, 1.82) is 0 Å². The average molecular weight is 333 g/mol. The SMILES string of the molecule is O=C(NSN1CCOCC1)Nc1c2c(cc3c1CCC3)CCC2. The predicted molar refractivity (Wildman–Crippen MR) is 92.6 cm³/mol. The van der Waals surface area contributed by atoms with E-state index in [-0.39, 0.29) is 6.03 Å². The minimum Gasteiger partial charge on any atom is -0.379 e. The molecule has 1 fully saturated rings. The Balaban J connectivity index is 1.45. The summed E-state index contributed by atoms with van der Waals surface area (Å²) in [7, 11) is 0. The Morgan fingerprint density at radius 1 is 1.04 bits per heavy atom. The predicted octanol–water partition coefficient (Wildman–Crippen LogP) is 2.68. The van der Waals surface area contributed by atoms with E-state index in [9.17, 15) is 4.79 Å². The van der Waals surface area contributed by atoms with Gasteiger partial charge < -0.3 is 10.1 Å². The molecule has 1 heterocycles. The van der Waals surface area contributed by atoms with Gasteiger partial charge in [-0.05, 0) is 60.8 Å². The van der Waals surface area contributed by atoms with Gasteiger partial charge in [-0.1, -0.05) is 6.07 Å². The summed E-state index contributed by atoms with van der Waals surface area (Å²) in [6.45, 7) is 3.16. The largest absolute Gasteiger partial charge is 0.379 e. The highest BCUT2D eigenvalue weighted by atomic mass is 32.2. The van der Waals surface area contributed by atoms with Gasteiger partial charge in [-0.2, -0.15) is 0 Å². The molecular formula is C17H23N3O2S. The maximum Gasteiger partial charge on any atom is 0.330 e. The number of urea groups is 1. The summed E-state index contributed by atoms with van der Waals surface area (Å²) >= 11 is 1.38. The van der Waals surface area contributed by atoms with Crippen LogP contribution in [0.15, 0.2) is 6.07 Å². The number of fused-ring (bicyclic) bond motifs is 2. The lowest BCUT2D eigenvalue weighted by Crippen LogP contribution is -2.36. The van der Waals surface area contributed by atoms with Crippen molar-refractivity contribution in [2.24, 2.45) is 0 Å². The standard InChI is InChI=1S/C17H23N3O2S/c21-17(19-23-20-7-9-22-10-8-20)18-16-14-5-1-3-12(14)11-13-4-2-6-15(13)16/h11H,1-10H2,(H2,18,19,21). The van der Waals surface area contributed by atoms with Gasteiger partial charge in [0.05, 0.1) is 13.2 Å². The van der Waals surface area contributed by atoms with Crippen molar-refractivity contribution in [3.05, 3.63) is 28.3 Å². The Morgan fingerprint density at radius 2 is 1.70 bits per heavy atom. The first kappa shape index (κ1) is 15.3. The molecule has 0 unspecified atom stereocenters. The van der Waals surface area contributed by atoms with E-state index in [0.717, 1.165) is 57.7 Å². The lowest BCUT2D eigenvalue weighted by molar-refractivity contribution is 0.0771. The van der Waals surface area contributed by atoms with Crippen LogP contribution >= 0.6 is 12.1 Å². The van der Waals surface area contributed by atoms with Crippen molar-refractivity contribution in [1.82, 2.24) is 9.03 Å². The zero-order valence-electron chi connectivity index (χ0n) is 13.3. The Kier molecular flexibility index (Phi) is 4.46. The molecule has 0 saturated carbocycles. The third kappa shape index (κ3) is 3.20. The van der Waals surface area contributed by atoms with Crippen molar-refractivity contribution in [2.45, 2.75) is 38.5 Å². The quantitative estimate of drug-likeness (QED) is 0.835. The summed E-state index contributed by atoms with van der Waals surface area (Å²) in [5, 5.41) is 3.15. The fourth-order valence-electron chi connectivity index (χ4n) is 3.85. The second kappa shape index (κ2) is 6.71. The molecule has 23 heavy (non-hydrogen) atoms. The van der Waals surface area contributed by atoms with Gasteiger partial charge in [-0.25, -0.2) is 9.10 Å². The molecule has 1 aromatic carbocycles. The first-order valence-electron chi connectivity index (χ1n) is 8.54. The fraction of sp³-hybridized carbons (Fsp3) is 0.588. The van der Waals surface area contributed by atoms with E-state index in [2.05, 4.69) is 20.4 Å². The molecule has 3 aliphatic rings. The number of nitrogens with zero attached hydrogens (tertiary/aromatic N) is 1. The zero-order valence-corrected chi connectivity index (χ0v) is 14.1. The topological polar surface area (TPSA) is 53.6 Å². The number of aryl methyl sites for hydroxylation is 2. The van der Waals surface area contributed by atoms with Crippen molar-refractivity contribution in [3.8, 4) is 0 Å². The van der Waals surface area contributed by atoms with Crippen LogP contribution in [0.4, 0.5) is 10.5 Å². The number of nitrogens with one attached hydrogen (secondary N) is 2. The van der Waals surface area contributed by atoms with Gasteiger partial charge in [-0.15, -0.1) is 0 Å². The van der Waals surface area contributed by atoms with Gasteiger partial charge in [0.2, 0.25) is 0 Å². The Bertz CT molecular complexity index is 582. The Hall–Kier alpha value is -1.24. The molecule has 1 saturated heterocycles. The summed E-state index contributed by atoms with van der Waals surface area (Å²) in [4.78, 5) is 12.4. The van der Waals surface area contributed by atoms with Crippen LogP contribution in [0, 0.1) is 0 Å². The molecule has 2 amide bonds. The van der Waals surface area contributed by atoms with Gasteiger partial charge in [0.15, 0.2) is 0 Å². The van der Waals surface area contributed by atoms with E-state index in [0.29, 0.717) is 0 Å². The zero-order chi connectivity index (χ0) is 15.6. The van der Waals surface area contributed by atoms with Crippen LogP contribution in [-0.4, -0.2) is 36.6 Å². The second-order valence-corrected chi connectivity index (χ2v) is 7.33. The molecule has 124 valence electrons. The number of carbonyl (C=O) groups is 1. The minimum absolute atomic E-state index is 0.115. The highest BCUT2D eigenvalue weighted by Crippen LogP contribution is 2.38. The monoisotopic (exact) mass is 333 g/mol. The lowest BCUT2D eigenvalue weighted by atomic mass is 9.99. The van der Waals surface area contributed by atoms with Gasteiger partial charge in [0, 0.05) is 30.9 Å². The van der Waals surface area contributed by atoms with E-state index in [4.69, 9.17) is 4.74 Å². The first-order valence-corrected chi connectivity index (χ1v) is 9.32. The molecule has 0 bridgehead atoms. The molecule has 2 N–H and O–H groups in total. The molecule has 5 nitrogen and oxygen atoms in total. The van der Waals surface area contributed by atoms with Crippen molar-refractivity contribution in [2.75, 3.05) is 31.6 Å². The number of hydrogen-bond acceptors (Lipinski definition) is 4. The Labute approximate surface area is 141 Å². The molecule has 6 heteroatoms. The maximum absolute atomic E-state index is 12.4. The maximum atomic E-state index is 12.4. The summed E-state index contributed by atoms with van der Waals surface area (Å²) in [5.41, 5.74) is 6.74. The fourth-order valence-corrected chi connectivity index (χ4v) is 4.44. The van der Waals surface area contributed by atoms with Crippen molar-refractivity contribution < 1.29 is 9.53 Å². The van der Waals surface area contributed by atoms with Crippen LogP contribution in [0.3, 0.4) is 0 Å². The van der Waals surface area contributed by atoms with Crippen molar-refractivity contribution in [3.63, 3.8) is 0 Å². The summed E-state index contributed by atoms with van der Waals surface area (Å²) < 4.78 is 10.4. The third-order valence-corrected chi connectivity index (χ3v) is 5.85. The summed E-state index contributed by atoms with van der Waals surface area (Å²) in [5.74, 6) is 0. The number of anilines is 1. The van der Waals surface area contributed by atoms with E-state index < -0.39 is 0 Å². The number of morpholine rings is 1. The highest BCUT2D eigenvalue weighted by molar-refractivity contribution is 7.95. The molecule has 0 radical (unpaired) electrons. The molecule has 1 aromatic rings. The van der Waals surface area contributed by atoms with Crippen LogP contribution in [-0.2, 0) is 30.4 Å². The smallest absolute Gasteiger partial charge is 0.330 e. The van der Waals surface area contributed by atoms with Gasteiger partial charge >= 0.3 is 6.03 Å². The summed E-state index contributed by atoms with van der Waals surface area (Å²) in [6.07, 6.45) is 6.90. The average Bonchev–Trinajstić information content (AvgIpc) is 3.22. The van der Waals surface area contributed by atoms with Crippen LogP contribution in [0.5, 0.6) is 0 Å².